The largest absolute Gasteiger partial charge is 0.490 e. The Morgan fingerprint density at radius 1 is 0.926 bits per heavy atom. The van der Waals surface area contributed by atoms with E-state index in [0.717, 1.165) is 45.6 Å². The maximum Gasteiger partial charge on any atom is 0.161 e. The normalized spacial score (nSPS) is 15.4. The number of hydrogen-bond donors (Lipinski definition) is 0. The molecule has 27 heavy (non-hydrogen) atoms. The molecule has 1 aliphatic heterocycles. The van der Waals surface area contributed by atoms with Gasteiger partial charge in [0.05, 0.1) is 6.61 Å². The van der Waals surface area contributed by atoms with E-state index in [-0.39, 0.29) is 0 Å². The van der Waals surface area contributed by atoms with Gasteiger partial charge in [0.15, 0.2) is 11.5 Å². The van der Waals surface area contributed by atoms with Crippen molar-refractivity contribution < 1.29 is 14.3 Å². The molecular weight excluding hydrogens is 340 g/mol. The Labute approximate surface area is 161 Å². The molecule has 0 unspecified atom stereocenters. The number of carbonyl (C=O) groups is 1. The molecule has 0 aliphatic carbocycles. The van der Waals surface area contributed by atoms with Gasteiger partial charge in [-0.05, 0) is 30.7 Å². The molecule has 1 saturated heterocycles. The van der Waals surface area contributed by atoms with Crippen molar-refractivity contribution in [3.63, 3.8) is 0 Å². The third-order valence-electron chi connectivity index (χ3n) is 4.78. The van der Waals surface area contributed by atoms with Gasteiger partial charge in [0.25, 0.3) is 0 Å². The minimum absolute atomic E-state index is 0.544. The highest BCUT2D eigenvalue weighted by Gasteiger charge is 2.17. The van der Waals surface area contributed by atoms with Crippen molar-refractivity contribution in [1.29, 1.82) is 0 Å². The van der Waals surface area contributed by atoms with Crippen LogP contribution in [0.5, 0.6) is 11.5 Å². The monoisotopic (exact) mass is 368 g/mol. The van der Waals surface area contributed by atoms with Gasteiger partial charge in [-0.2, -0.15) is 0 Å². The molecule has 0 bridgehead atoms. The van der Waals surface area contributed by atoms with Crippen molar-refractivity contribution in [3.05, 3.63) is 59.7 Å². The first-order valence-corrected chi connectivity index (χ1v) is 9.62. The summed E-state index contributed by atoms with van der Waals surface area (Å²) in [7, 11) is 0. The molecule has 5 nitrogen and oxygen atoms in total. The van der Waals surface area contributed by atoms with Gasteiger partial charge in [-0.3, -0.25) is 14.6 Å². The minimum atomic E-state index is 0.544. The molecule has 1 fully saturated rings. The predicted molar refractivity (Wildman–Crippen MR) is 107 cm³/mol. The third-order valence-corrected chi connectivity index (χ3v) is 4.78. The van der Waals surface area contributed by atoms with Gasteiger partial charge in [0.1, 0.15) is 12.9 Å². The Morgan fingerprint density at radius 3 is 2.37 bits per heavy atom. The Bertz CT molecular complexity index is 713. The zero-order chi connectivity index (χ0) is 18.9. The van der Waals surface area contributed by atoms with Crippen LogP contribution in [0.4, 0.5) is 0 Å². The van der Waals surface area contributed by atoms with Crippen LogP contribution in [0, 0.1) is 0 Å². The van der Waals surface area contributed by atoms with Crippen molar-refractivity contribution in [2.75, 3.05) is 45.9 Å². The van der Waals surface area contributed by atoms with Crippen LogP contribution in [0.25, 0.3) is 0 Å². The summed E-state index contributed by atoms with van der Waals surface area (Å²) in [4.78, 5) is 15.9. The van der Waals surface area contributed by atoms with E-state index in [2.05, 4.69) is 40.1 Å². The van der Waals surface area contributed by atoms with Crippen molar-refractivity contribution in [2.45, 2.75) is 13.5 Å². The van der Waals surface area contributed by atoms with Gasteiger partial charge < -0.3 is 9.47 Å². The topological polar surface area (TPSA) is 42.0 Å². The quantitative estimate of drug-likeness (QED) is 0.636. The third kappa shape index (κ3) is 5.81. The van der Waals surface area contributed by atoms with Crippen LogP contribution in [0.3, 0.4) is 0 Å². The lowest BCUT2D eigenvalue weighted by molar-refractivity contribution is 0.111. The van der Waals surface area contributed by atoms with Crippen LogP contribution in [0.15, 0.2) is 48.5 Å². The van der Waals surface area contributed by atoms with Crippen LogP contribution < -0.4 is 9.47 Å². The summed E-state index contributed by atoms with van der Waals surface area (Å²) in [5.74, 6) is 1.33. The molecular formula is C22H28N2O3. The number of rotatable bonds is 9. The zero-order valence-electron chi connectivity index (χ0n) is 16.0. The van der Waals surface area contributed by atoms with E-state index in [1.54, 1.807) is 12.1 Å². The summed E-state index contributed by atoms with van der Waals surface area (Å²) >= 11 is 0. The van der Waals surface area contributed by atoms with Gasteiger partial charge >= 0.3 is 0 Å². The summed E-state index contributed by atoms with van der Waals surface area (Å²) in [6.45, 7) is 9.25. The molecule has 0 aromatic heterocycles. The highest BCUT2D eigenvalue weighted by molar-refractivity contribution is 5.76. The van der Waals surface area contributed by atoms with Gasteiger partial charge in [-0.1, -0.05) is 30.3 Å². The number of nitrogens with zero attached hydrogens (tertiary/aromatic N) is 2. The predicted octanol–water partition coefficient (Wildman–Crippen LogP) is 3.09. The molecule has 0 spiro atoms. The molecule has 1 heterocycles. The maximum absolute atomic E-state index is 10.9. The molecule has 2 aromatic rings. The first-order valence-electron chi connectivity index (χ1n) is 9.62. The fourth-order valence-electron chi connectivity index (χ4n) is 3.28. The van der Waals surface area contributed by atoms with Crippen LogP contribution in [-0.4, -0.2) is 62.0 Å². The standard InChI is InChI=1S/C22H28N2O3/c1-2-26-22-16-20(18-25)8-9-21(22)27-15-14-23-10-12-24(13-11-23)17-19-6-4-3-5-7-19/h3-9,16,18H,2,10-15,17H2,1H3. The van der Waals surface area contributed by atoms with E-state index in [4.69, 9.17) is 9.47 Å². The van der Waals surface area contributed by atoms with Crippen molar-refractivity contribution in [3.8, 4) is 11.5 Å². The lowest BCUT2D eigenvalue weighted by Crippen LogP contribution is -2.47. The van der Waals surface area contributed by atoms with Gasteiger partial charge in [-0.15, -0.1) is 0 Å². The summed E-state index contributed by atoms with van der Waals surface area (Å²) in [5, 5.41) is 0. The molecule has 0 N–H and O–H groups in total. The molecule has 2 aromatic carbocycles. The molecule has 0 atom stereocenters. The summed E-state index contributed by atoms with van der Waals surface area (Å²) in [5.41, 5.74) is 1.97. The van der Waals surface area contributed by atoms with E-state index < -0.39 is 0 Å². The van der Waals surface area contributed by atoms with E-state index >= 15 is 0 Å². The number of hydrogen-bond acceptors (Lipinski definition) is 5. The van der Waals surface area contributed by atoms with Crippen LogP contribution in [-0.2, 0) is 6.54 Å². The van der Waals surface area contributed by atoms with Crippen LogP contribution >= 0.6 is 0 Å². The average Bonchev–Trinajstić information content (AvgIpc) is 2.71. The van der Waals surface area contributed by atoms with E-state index in [0.29, 0.717) is 30.3 Å². The lowest BCUT2D eigenvalue weighted by Gasteiger charge is -2.34. The highest BCUT2D eigenvalue weighted by Crippen LogP contribution is 2.28. The number of aldehydes is 1. The number of ether oxygens (including phenoxy) is 2. The Morgan fingerprint density at radius 2 is 1.67 bits per heavy atom. The summed E-state index contributed by atoms with van der Waals surface area (Å²) < 4.78 is 11.5. The molecule has 0 saturated carbocycles. The fourth-order valence-corrected chi connectivity index (χ4v) is 3.28. The lowest BCUT2D eigenvalue weighted by atomic mass is 10.2. The molecule has 5 heteroatoms. The first kappa shape index (κ1) is 19.4. The first-order chi connectivity index (χ1) is 13.3. The second-order valence-corrected chi connectivity index (χ2v) is 6.71. The summed E-state index contributed by atoms with van der Waals surface area (Å²) in [6, 6.07) is 15.9. The minimum Gasteiger partial charge on any atom is -0.490 e. The molecule has 0 amide bonds. The molecule has 144 valence electrons. The highest BCUT2D eigenvalue weighted by atomic mass is 16.5. The number of piperazine rings is 1. The Balaban J connectivity index is 1.42. The molecule has 3 rings (SSSR count). The van der Waals surface area contributed by atoms with Gasteiger partial charge in [0, 0.05) is 44.8 Å². The second-order valence-electron chi connectivity index (χ2n) is 6.71. The van der Waals surface area contributed by atoms with Crippen LogP contribution in [0.2, 0.25) is 0 Å². The smallest absolute Gasteiger partial charge is 0.161 e. The van der Waals surface area contributed by atoms with E-state index in [1.807, 2.05) is 13.0 Å². The number of carbonyl (C=O) groups excluding carboxylic acids is 1. The van der Waals surface area contributed by atoms with Crippen molar-refractivity contribution in [2.24, 2.45) is 0 Å². The zero-order valence-corrected chi connectivity index (χ0v) is 16.0. The SMILES string of the molecule is CCOc1cc(C=O)ccc1OCCN1CCN(Cc2ccccc2)CC1. The molecule has 0 radical (unpaired) electrons. The fraction of sp³-hybridized carbons (Fsp3) is 0.409. The Hall–Kier alpha value is -2.37. The number of benzene rings is 2. The van der Waals surface area contributed by atoms with Crippen molar-refractivity contribution >= 4 is 6.29 Å². The van der Waals surface area contributed by atoms with Crippen LogP contribution in [0.1, 0.15) is 22.8 Å². The Kier molecular flexibility index (Phi) is 7.25. The average molecular weight is 368 g/mol. The second kappa shape index (κ2) is 10.1. The van der Waals surface area contributed by atoms with Gasteiger partial charge in [0.2, 0.25) is 0 Å². The molecule has 1 aliphatic rings. The summed E-state index contributed by atoms with van der Waals surface area (Å²) in [6.07, 6.45) is 0.821. The van der Waals surface area contributed by atoms with Crippen molar-refractivity contribution in [1.82, 2.24) is 9.80 Å². The van der Waals surface area contributed by atoms with Gasteiger partial charge in [-0.25, -0.2) is 0 Å². The van der Waals surface area contributed by atoms with E-state index in [9.17, 15) is 4.79 Å². The van der Waals surface area contributed by atoms with E-state index in [1.165, 1.54) is 5.56 Å². The maximum atomic E-state index is 10.9.